The van der Waals surface area contributed by atoms with Gasteiger partial charge in [0.15, 0.2) is 0 Å². The van der Waals surface area contributed by atoms with Crippen LogP contribution in [0.5, 0.6) is 0 Å². The van der Waals surface area contributed by atoms with Gasteiger partial charge in [0, 0.05) is 18.5 Å². The number of unbranched alkanes of at least 4 members (excludes halogenated alkanes) is 2. The SMILES string of the molecule is O=C(CCCCCN=C1NS(=O)(=O)c2ccccc21)Nc1ccccc1C(=O)NCC(F)(F)F. The molecule has 2 aromatic carbocycles. The molecule has 2 amide bonds. The van der Waals surface area contributed by atoms with Gasteiger partial charge in [0.05, 0.1) is 16.1 Å². The Bertz CT molecular complexity index is 1200. The van der Waals surface area contributed by atoms with Crippen LogP contribution in [-0.2, 0) is 14.8 Å². The Morgan fingerprint density at radius 1 is 0.971 bits per heavy atom. The molecule has 2 aromatic rings. The number of aliphatic imine (C=N–C) groups is 1. The number of nitrogens with zero attached hydrogens (tertiary/aromatic N) is 1. The number of carbonyl (C=O) groups is 2. The largest absolute Gasteiger partial charge is 0.405 e. The first-order chi connectivity index (χ1) is 16.1. The predicted molar refractivity (Wildman–Crippen MR) is 120 cm³/mol. The van der Waals surface area contributed by atoms with Crippen molar-refractivity contribution in [2.24, 2.45) is 4.99 Å². The highest BCUT2D eigenvalue weighted by molar-refractivity contribution is 7.90. The van der Waals surface area contributed by atoms with Crippen molar-refractivity contribution in [2.45, 2.75) is 36.8 Å². The zero-order valence-corrected chi connectivity index (χ0v) is 18.8. The molecule has 0 bridgehead atoms. The number of amidine groups is 1. The smallest absolute Gasteiger partial charge is 0.343 e. The molecule has 0 spiro atoms. The third kappa shape index (κ3) is 6.80. The summed E-state index contributed by atoms with van der Waals surface area (Å²) in [5.41, 5.74) is 0.598. The number of alkyl halides is 3. The summed E-state index contributed by atoms with van der Waals surface area (Å²) in [6.45, 7) is -1.10. The number of hydrogen-bond acceptors (Lipinski definition) is 5. The summed E-state index contributed by atoms with van der Waals surface area (Å²) in [5, 5.41) is 4.34. The van der Waals surface area contributed by atoms with Crippen LogP contribution in [-0.4, -0.2) is 45.3 Å². The normalized spacial score (nSPS) is 15.4. The van der Waals surface area contributed by atoms with Crippen LogP contribution in [0.3, 0.4) is 0 Å². The molecule has 0 saturated carbocycles. The van der Waals surface area contributed by atoms with Gasteiger partial charge < -0.3 is 10.6 Å². The first-order valence-electron chi connectivity index (χ1n) is 10.5. The molecule has 0 radical (unpaired) electrons. The summed E-state index contributed by atoms with van der Waals surface area (Å²) < 4.78 is 63.5. The molecule has 0 unspecified atom stereocenters. The van der Waals surface area contributed by atoms with Gasteiger partial charge in [-0.2, -0.15) is 13.2 Å². The van der Waals surface area contributed by atoms with Gasteiger partial charge in [-0.25, -0.2) is 8.42 Å². The van der Waals surface area contributed by atoms with E-state index in [1.54, 1.807) is 29.6 Å². The topological polar surface area (TPSA) is 117 Å². The number of carbonyl (C=O) groups excluding carboxylic acids is 2. The van der Waals surface area contributed by atoms with E-state index in [4.69, 9.17) is 0 Å². The van der Waals surface area contributed by atoms with E-state index in [2.05, 4.69) is 15.0 Å². The van der Waals surface area contributed by atoms with Gasteiger partial charge in [-0.3, -0.25) is 19.3 Å². The summed E-state index contributed by atoms with van der Waals surface area (Å²) in [6, 6.07) is 12.4. The van der Waals surface area contributed by atoms with E-state index in [0.717, 1.165) is 0 Å². The lowest BCUT2D eigenvalue weighted by atomic mass is 10.1. The molecule has 0 saturated heterocycles. The molecule has 0 aliphatic carbocycles. The van der Waals surface area contributed by atoms with E-state index in [1.165, 1.54) is 24.3 Å². The molecule has 8 nitrogen and oxygen atoms in total. The molecule has 1 heterocycles. The van der Waals surface area contributed by atoms with Crippen molar-refractivity contribution in [3.05, 3.63) is 59.7 Å². The van der Waals surface area contributed by atoms with Crippen molar-refractivity contribution in [3.63, 3.8) is 0 Å². The second-order valence-corrected chi connectivity index (χ2v) is 9.19. The average Bonchev–Trinajstić information content (AvgIpc) is 3.04. The van der Waals surface area contributed by atoms with Crippen LogP contribution in [0.2, 0.25) is 0 Å². The Morgan fingerprint density at radius 3 is 2.44 bits per heavy atom. The molecule has 182 valence electrons. The molecular formula is C22H23F3N4O4S. The molecule has 1 aliphatic rings. The van der Waals surface area contributed by atoms with Crippen LogP contribution >= 0.6 is 0 Å². The van der Waals surface area contributed by atoms with Crippen molar-refractivity contribution < 1.29 is 31.2 Å². The number of anilines is 1. The van der Waals surface area contributed by atoms with Crippen molar-refractivity contribution in [1.29, 1.82) is 0 Å². The number of sulfonamides is 1. The Balaban J connectivity index is 1.44. The van der Waals surface area contributed by atoms with Crippen LogP contribution in [0.1, 0.15) is 41.6 Å². The quantitative estimate of drug-likeness (QED) is 0.462. The maximum Gasteiger partial charge on any atom is 0.405 e. The summed E-state index contributed by atoms with van der Waals surface area (Å²) in [4.78, 5) is 28.8. The van der Waals surface area contributed by atoms with Crippen molar-refractivity contribution >= 4 is 33.4 Å². The summed E-state index contributed by atoms with van der Waals surface area (Å²) in [5.74, 6) is -1.01. The van der Waals surface area contributed by atoms with Crippen molar-refractivity contribution in [3.8, 4) is 0 Å². The van der Waals surface area contributed by atoms with E-state index in [-0.39, 0.29) is 28.5 Å². The molecule has 0 fully saturated rings. The molecular weight excluding hydrogens is 473 g/mol. The molecule has 34 heavy (non-hydrogen) atoms. The fraction of sp³-hybridized carbons (Fsp3) is 0.318. The van der Waals surface area contributed by atoms with Crippen molar-refractivity contribution in [2.75, 3.05) is 18.4 Å². The number of para-hydroxylation sites is 1. The first-order valence-corrected chi connectivity index (χ1v) is 12.0. The number of fused-ring (bicyclic) bond motifs is 1. The van der Waals surface area contributed by atoms with Gasteiger partial charge in [-0.15, -0.1) is 0 Å². The maximum absolute atomic E-state index is 12.3. The van der Waals surface area contributed by atoms with E-state index in [9.17, 15) is 31.2 Å². The number of rotatable bonds is 9. The third-order valence-electron chi connectivity index (χ3n) is 4.89. The minimum atomic E-state index is -4.54. The lowest BCUT2D eigenvalue weighted by Crippen LogP contribution is -2.34. The van der Waals surface area contributed by atoms with Gasteiger partial charge in [0.1, 0.15) is 12.4 Å². The minimum absolute atomic E-state index is 0.0600. The number of nitrogens with one attached hydrogen (secondary N) is 3. The Morgan fingerprint density at radius 2 is 1.68 bits per heavy atom. The summed E-state index contributed by atoms with van der Waals surface area (Å²) in [6.07, 6.45) is -2.61. The molecule has 1 aliphatic heterocycles. The van der Waals surface area contributed by atoms with Gasteiger partial charge in [0.2, 0.25) is 5.91 Å². The van der Waals surface area contributed by atoms with Crippen molar-refractivity contribution in [1.82, 2.24) is 10.0 Å². The first kappa shape index (κ1) is 25.2. The Hall–Kier alpha value is -3.41. The molecule has 0 aromatic heterocycles. The summed E-state index contributed by atoms with van der Waals surface area (Å²) in [7, 11) is -3.58. The highest BCUT2D eigenvalue weighted by Crippen LogP contribution is 2.22. The van der Waals surface area contributed by atoms with Crippen LogP contribution in [0.4, 0.5) is 18.9 Å². The Labute approximate surface area is 194 Å². The lowest BCUT2D eigenvalue weighted by Gasteiger charge is -2.12. The molecule has 0 atom stereocenters. The predicted octanol–water partition coefficient (Wildman–Crippen LogP) is 3.22. The lowest BCUT2D eigenvalue weighted by molar-refractivity contribution is -0.123. The number of amides is 2. The highest BCUT2D eigenvalue weighted by Gasteiger charge is 2.30. The second kappa shape index (κ2) is 10.7. The molecule has 3 rings (SSSR count). The zero-order chi connectivity index (χ0) is 24.8. The highest BCUT2D eigenvalue weighted by atomic mass is 32.2. The zero-order valence-electron chi connectivity index (χ0n) is 18.0. The van der Waals surface area contributed by atoms with E-state index >= 15 is 0 Å². The van der Waals surface area contributed by atoms with Gasteiger partial charge in [-0.1, -0.05) is 30.7 Å². The Kier molecular flexibility index (Phi) is 7.92. The van der Waals surface area contributed by atoms with Gasteiger partial charge in [0.25, 0.3) is 15.9 Å². The fourth-order valence-corrected chi connectivity index (χ4v) is 4.55. The summed E-state index contributed by atoms with van der Waals surface area (Å²) >= 11 is 0. The van der Waals surface area contributed by atoms with Crippen LogP contribution in [0, 0.1) is 0 Å². The number of benzene rings is 2. The van der Waals surface area contributed by atoms with Gasteiger partial charge in [-0.05, 0) is 37.1 Å². The molecule has 12 heteroatoms. The van der Waals surface area contributed by atoms with Crippen LogP contribution in [0.15, 0.2) is 58.4 Å². The molecule has 3 N–H and O–H groups in total. The van der Waals surface area contributed by atoms with Gasteiger partial charge >= 0.3 is 6.18 Å². The third-order valence-corrected chi connectivity index (χ3v) is 6.29. The standard InChI is InChI=1S/C22H23F3N4O4S/c23-22(24,25)14-27-21(31)15-8-3-5-10-17(15)28-19(30)12-2-1-7-13-26-20-16-9-4-6-11-18(16)34(32,33)29-20/h3-6,8-11H,1-2,7,12-14H2,(H,26,29)(H,27,31)(H,28,30). The van der Waals surface area contributed by atoms with E-state index in [1.807, 2.05) is 0 Å². The minimum Gasteiger partial charge on any atom is -0.343 e. The maximum atomic E-state index is 12.3. The van der Waals surface area contributed by atoms with Crippen LogP contribution < -0.4 is 15.4 Å². The number of halogens is 3. The second-order valence-electron chi connectivity index (χ2n) is 7.53. The monoisotopic (exact) mass is 496 g/mol. The fourth-order valence-electron chi connectivity index (χ4n) is 3.29. The average molecular weight is 497 g/mol. The van der Waals surface area contributed by atoms with E-state index in [0.29, 0.717) is 37.2 Å². The van der Waals surface area contributed by atoms with Crippen LogP contribution in [0.25, 0.3) is 0 Å². The van der Waals surface area contributed by atoms with E-state index < -0.39 is 28.7 Å². The number of hydrogen-bond donors (Lipinski definition) is 3.